The standard InChI is InChI=1S/C17H33NO/c1-17(2,3)18-13-15-11-8-12-19-16(15)14-9-6-4-5-7-10-14/h14-16,18H,4-13H2,1-3H3. The molecule has 19 heavy (non-hydrogen) atoms. The van der Waals surface area contributed by atoms with Gasteiger partial charge in [-0.1, -0.05) is 25.7 Å². The Bertz CT molecular complexity index is 250. The molecule has 1 N–H and O–H groups in total. The molecule has 2 fully saturated rings. The minimum Gasteiger partial charge on any atom is -0.378 e. The van der Waals surface area contributed by atoms with Gasteiger partial charge in [0, 0.05) is 18.7 Å². The Morgan fingerprint density at radius 3 is 2.26 bits per heavy atom. The van der Waals surface area contributed by atoms with E-state index in [2.05, 4.69) is 26.1 Å². The molecule has 2 unspecified atom stereocenters. The van der Waals surface area contributed by atoms with Gasteiger partial charge in [0.05, 0.1) is 6.10 Å². The van der Waals surface area contributed by atoms with Crippen LogP contribution in [0.15, 0.2) is 0 Å². The zero-order valence-corrected chi connectivity index (χ0v) is 13.2. The van der Waals surface area contributed by atoms with Gasteiger partial charge in [-0.25, -0.2) is 0 Å². The predicted octanol–water partition coefficient (Wildman–Crippen LogP) is 4.14. The predicted molar refractivity (Wildman–Crippen MR) is 81.4 cm³/mol. The van der Waals surface area contributed by atoms with E-state index in [1.54, 1.807) is 0 Å². The number of rotatable bonds is 3. The molecular weight excluding hydrogens is 234 g/mol. The Balaban J connectivity index is 1.90. The van der Waals surface area contributed by atoms with Crippen molar-refractivity contribution in [3.63, 3.8) is 0 Å². The first-order valence-corrected chi connectivity index (χ1v) is 8.43. The molecule has 0 aromatic rings. The van der Waals surface area contributed by atoms with Crippen molar-refractivity contribution in [2.24, 2.45) is 11.8 Å². The van der Waals surface area contributed by atoms with Gasteiger partial charge in [-0.15, -0.1) is 0 Å². The molecule has 1 heterocycles. The van der Waals surface area contributed by atoms with Crippen LogP contribution in [-0.2, 0) is 4.74 Å². The lowest BCUT2D eigenvalue weighted by Crippen LogP contribution is -2.46. The second-order valence-electron chi connectivity index (χ2n) is 7.62. The molecule has 0 amide bonds. The lowest BCUT2D eigenvalue weighted by molar-refractivity contribution is -0.0644. The van der Waals surface area contributed by atoms with Crippen molar-refractivity contribution in [3.05, 3.63) is 0 Å². The van der Waals surface area contributed by atoms with Crippen LogP contribution in [0, 0.1) is 11.8 Å². The molecule has 1 aliphatic carbocycles. The van der Waals surface area contributed by atoms with E-state index in [0.29, 0.717) is 6.10 Å². The highest BCUT2D eigenvalue weighted by Gasteiger charge is 2.33. The Kier molecular flexibility index (Phi) is 5.70. The van der Waals surface area contributed by atoms with Crippen molar-refractivity contribution in [1.82, 2.24) is 5.32 Å². The topological polar surface area (TPSA) is 21.3 Å². The highest BCUT2D eigenvalue weighted by atomic mass is 16.5. The summed E-state index contributed by atoms with van der Waals surface area (Å²) in [5.74, 6) is 1.56. The first-order valence-electron chi connectivity index (χ1n) is 8.43. The van der Waals surface area contributed by atoms with E-state index in [0.717, 1.165) is 25.0 Å². The molecule has 0 aromatic carbocycles. The minimum atomic E-state index is 0.228. The van der Waals surface area contributed by atoms with Crippen LogP contribution in [0.4, 0.5) is 0 Å². The summed E-state index contributed by atoms with van der Waals surface area (Å²) in [5, 5.41) is 3.70. The van der Waals surface area contributed by atoms with Gasteiger partial charge in [-0.3, -0.25) is 0 Å². The molecule has 2 rings (SSSR count). The van der Waals surface area contributed by atoms with Gasteiger partial charge in [-0.2, -0.15) is 0 Å². The van der Waals surface area contributed by atoms with E-state index in [1.807, 2.05) is 0 Å². The molecule has 1 saturated heterocycles. The monoisotopic (exact) mass is 267 g/mol. The largest absolute Gasteiger partial charge is 0.378 e. The number of nitrogens with one attached hydrogen (secondary N) is 1. The third kappa shape index (κ3) is 5.07. The van der Waals surface area contributed by atoms with E-state index in [9.17, 15) is 0 Å². The highest BCUT2D eigenvalue weighted by molar-refractivity contribution is 4.85. The summed E-state index contributed by atoms with van der Waals surface area (Å²) < 4.78 is 6.21. The first kappa shape index (κ1) is 15.3. The number of hydrogen-bond donors (Lipinski definition) is 1. The smallest absolute Gasteiger partial charge is 0.0643 e. The molecule has 1 saturated carbocycles. The van der Waals surface area contributed by atoms with Gasteiger partial charge in [0.25, 0.3) is 0 Å². The fourth-order valence-electron chi connectivity index (χ4n) is 3.68. The van der Waals surface area contributed by atoms with Crippen LogP contribution < -0.4 is 5.32 Å². The molecular formula is C17H33NO. The SMILES string of the molecule is CC(C)(C)NCC1CCCOC1C1CCCCCC1. The van der Waals surface area contributed by atoms with E-state index >= 15 is 0 Å². The van der Waals surface area contributed by atoms with E-state index in [4.69, 9.17) is 4.74 Å². The molecule has 0 spiro atoms. The summed E-state index contributed by atoms with van der Waals surface area (Å²) in [4.78, 5) is 0. The summed E-state index contributed by atoms with van der Waals surface area (Å²) in [7, 11) is 0. The van der Waals surface area contributed by atoms with Crippen LogP contribution in [0.1, 0.15) is 72.1 Å². The van der Waals surface area contributed by atoms with Crippen molar-refractivity contribution >= 4 is 0 Å². The minimum absolute atomic E-state index is 0.228. The molecule has 112 valence electrons. The van der Waals surface area contributed by atoms with Crippen LogP contribution in [0.2, 0.25) is 0 Å². The van der Waals surface area contributed by atoms with E-state index in [1.165, 1.54) is 51.4 Å². The first-order chi connectivity index (χ1) is 9.06. The van der Waals surface area contributed by atoms with Crippen molar-refractivity contribution in [2.45, 2.75) is 83.8 Å². The third-order valence-corrected chi connectivity index (χ3v) is 4.75. The van der Waals surface area contributed by atoms with E-state index in [-0.39, 0.29) is 5.54 Å². The molecule has 0 bridgehead atoms. The molecule has 2 heteroatoms. The van der Waals surface area contributed by atoms with Crippen molar-refractivity contribution in [1.29, 1.82) is 0 Å². The van der Waals surface area contributed by atoms with Crippen LogP contribution >= 0.6 is 0 Å². The average molecular weight is 267 g/mol. The summed E-state index contributed by atoms with van der Waals surface area (Å²) in [6.45, 7) is 8.91. The second-order valence-corrected chi connectivity index (χ2v) is 7.62. The normalized spacial score (nSPS) is 31.1. The summed E-state index contributed by atoms with van der Waals surface area (Å²) >= 11 is 0. The lowest BCUT2D eigenvalue weighted by Gasteiger charge is -2.38. The van der Waals surface area contributed by atoms with Crippen LogP contribution in [-0.4, -0.2) is 24.8 Å². The van der Waals surface area contributed by atoms with Gasteiger partial charge in [0.1, 0.15) is 0 Å². The molecule has 1 aliphatic heterocycles. The fourth-order valence-corrected chi connectivity index (χ4v) is 3.68. The Labute approximate surface area is 119 Å². The molecule has 2 aliphatic rings. The number of ether oxygens (including phenoxy) is 1. The molecule has 0 aromatic heterocycles. The highest BCUT2D eigenvalue weighted by Crippen LogP contribution is 2.34. The van der Waals surface area contributed by atoms with Crippen molar-refractivity contribution in [2.75, 3.05) is 13.2 Å². The average Bonchev–Trinajstić information content (AvgIpc) is 2.64. The molecule has 0 radical (unpaired) electrons. The molecule has 2 nitrogen and oxygen atoms in total. The Hall–Kier alpha value is -0.0800. The quantitative estimate of drug-likeness (QED) is 0.776. The summed E-state index contributed by atoms with van der Waals surface area (Å²) in [6.07, 6.45) is 11.6. The van der Waals surface area contributed by atoms with Gasteiger partial charge in [0.2, 0.25) is 0 Å². The molecule has 2 atom stereocenters. The van der Waals surface area contributed by atoms with Crippen LogP contribution in [0.5, 0.6) is 0 Å². The zero-order chi connectivity index (χ0) is 13.7. The lowest BCUT2D eigenvalue weighted by atomic mass is 9.81. The maximum Gasteiger partial charge on any atom is 0.0643 e. The summed E-state index contributed by atoms with van der Waals surface area (Å²) in [5.41, 5.74) is 0.228. The number of hydrogen-bond acceptors (Lipinski definition) is 2. The third-order valence-electron chi connectivity index (χ3n) is 4.75. The van der Waals surface area contributed by atoms with E-state index < -0.39 is 0 Å². The fraction of sp³-hybridized carbons (Fsp3) is 1.00. The van der Waals surface area contributed by atoms with Crippen molar-refractivity contribution < 1.29 is 4.74 Å². The zero-order valence-electron chi connectivity index (χ0n) is 13.2. The van der Waals surface area contributed by atoms with Crippen molar-refractivity contribution in [3.8, 4) is 0 Å². The van der Waals surface area contributed by atoms with Gasteiger partial charge < -0.3 is 10.1 Å². The van der Waals surface area contributed by atoms with Gasteiger partial charge in [0.15, 0.2) is 0 Å². The Morgan fingerprint density at radius 1 is 0.947 bits per heavy atom. The van der Waals surface area contributed by atoms with Gasteiger partial charge in [-0.05, 0) is 58.3 Å². The van der Waals surface area contributed by atoms with Gasteiger partial charge >= 0.3 is 0 Å². The Morgan fingerprint density at radius 2 is 1.63 bits per heavy atom. The maximum atomic E-state index is 6.21. The summed E-state index contributed by atoms with van der Waals surface area (Å²) in [6, 6.07) is 0. The van der Waals surface area contributed by atoms with Crippen LogP contribution in [0.3, 0.4) is 0 Å². The van der Waals surface area contributed by atoms with Crippen LogP contribution in [0.25, 0.3) is 0 Å². The second kappa shape index (κ2) is 7.08. The maximum absolute atomic E-state index is 6.21.